The van der Waals surface area contributed by atoms with Gasteiger partial charge in [0.2, 0.25) is 5.82 Å². The molecular weight excluding hydrogens is 324 g/mol. The van der Waals surface area contributed by atoms with E-state index >= 15 is 0 Å². The van der Waals surface area contributed by atoms with Crippen LogP contribution in [0, 0.1) is 0 Å². The molecule has 1 aliphatic heterocycles. The van der Waals surface area contributed by atoms with E-state index in [1.807, 2.05) is 0 Å². The molecular formula is C20H31N6+. The minimum atomic E-state index is 0.407. The normalized spacial score (nSPS) is 21.0. The summed E-state index contributed by atoms with van der Waals surface area (Å²) in [4.78, 5) is 4.13. The van der Waals surface area contributed by atoms with Crippen molar-refractivity contribution in [1.29, 1.82) is 0 Å². The fourth-order valence-electron chi connectivity index (χ4n) is 4.71. The van der Waals surface area contributed by atoms with Crippen molar-refractivity contribution in [2.75, 3.05) is 31.1 Å². The Balaban J connectivity index is 1.45. The van der Waals surface area contributed by atoms with E-state index in [-0.39, 0.29) is 0 Å². The van der Waals surface area contributed by atoms with Crippen LogP contribution in [0.2, 0.25) is 0 Å². The first-order chi connectivity index (χ1) is 12.9. The molecule has 0 radical (unpaired) electrons. The molecule has 1 N–H and O–H groups in total. The molecule has 6 heteroatoms. The smallest absolute Gasteiger partial charge is 0.209 e. The molecule has 1 atom stereocenters. The lowest BCUT2D eigenvalue weighted by Crippen LogP contribution is -3.15. The fraction of sp³-hybridized carbons (Fsp3) is 0.650. The molecule has 6 nitrogen and oxygen atoms in total. The minimum Gasteiger partial charge on any atom is -0.360 e. The van der Waals surface area contributed by atoms with Gasteiger partial charge in [0.25, 0.3) is 0 Å². The maximum atomic E-state index is 4.48. The van der Waals surface area contributed by atoms with Crippen LogP contribution in [0.3, 0.4) is 0 Å². The van der Waals surface area contributed by atoms with Crippen molar-refractivity contribution in [2.24, 2.45) is 0 Å². The van der Waals surface area contributed by atoms with Crippen molar-refractivity contribution in [3.05, 3.63) is 36.2 Å². The van der Waals surface area contributed by atoms with Gasteiger partial charge in [-0.2, -0.15) is 0 Å². The number of quaternary nitrogens is 1. The van der Waals surface area contributed by atoms with Gasteiger partial charge in [-0.15, -0.1) is 5.10 Å². The van der Waals surface area contributed by atoms with Crippen molar-refractivity contribution < 1.29 is 4.90 Å². The van der Waals surface area contributed by atoms with Crippen LogP contribution in [-0.2, 0) is 0 Å². The topological polar surface area (TPSA) is 51.3 Å². The number of tetrazole rings is 1. The van der Waals surface area contributed by atoms with Gasteiger partial charge in [0.1, 0.15) is 6.04 Å². The summed E-state index contributed by atoms with van der Waals surface area (Å²) in [6.45, 7) is 6.76. The van der Waals surface area contributed by atoms with Gasteiger partial charge in [-0.3, -0.25) is 0 Å². The maximum Gasteiger partial charge on any atom is 0.209 e. The Bertz CT molecular complexity index is 671. The molecule has 1 saturated heterocycles. The summed E-state index contributed by atoms with van der Waals surface area (Å²) in [6, 6.07) is 11.7. The van der Waals surface area contributed by atoms with Crippen molar-refractivity contribution in [3.63, 3.8) is 0 Å². The molecule has 2 aromatic rings. The molecule has 140 valence electrons. The van der Waals surface area contributed by atoms with E-state index < -0.39 is 0 Å². The Morgan fingerprint density at radius 3 is 2.50 bits per heavy atom. The van der Waals surface area contributed by atoms with E-state index in [9.17, 15) is 0 Å². The van der Waals surface area contributed by atoms with Crippen LogP contribution in [0.1, 0.15) is 63.4 Å². The third-order valence-corrected chi connectivity index (χ3v) is 6.18. The van der Waals surface area contributed by atoms with Crippen molar-refractivity contribution >= 4 is 5.69 Å². The number of anilines is 1. The fourth-order valence-corrected chi connectivity index (χ4v) is 4.71. The second kappa shape index (κ2) is 8.16. The molecule has 1 aromatic heterocycles. The first-order valence-electron chi connectivity index (χ1n) is 10.3. The molecule has 2 fully saturated rings. The van der Waals surface area contributed by atoms with E-state index in [4.69, 9.17) is 0 Å². The summed E-state index contributed by atoms with van der Waals surface area (Å²) >= 11 is 0. The van der Waals surface area contributed by atoms with Crippen molar-refractivity contribution in [2.45, 2.75) is 57.5 Å². The number of nitrogens with zero attached hydrogens (tertiary/aromatic N) is 5. The predicted octanol–water partition coefficient (Wildman–Crippen LogP) is 2.03. The van der Waals surface area contributed by atoms with Gasteiger partial charge >= 0.3 is 0 Å². The lowest BCUT2D eigenvalue weighted by Gasteiger charge is -2.37. The maximum absolute atomic E-state index is 4.48. The summed E-state index contributed by atoms with van der Waals surface area (Å²) in [5, 5.41) is 12.9. The van der Waals surface area contributed by atoms with Crippen molar-refractivity contribution in [1.82, 2.24) is 20.2 Å². The average Bonchev–Trinajstić information content (AvgIpc) is 3.20. The molecule has 0 spiro atoms. The highest BCUT2D eigenvalue weighted by Crippen LogP contribution is 2.29. The molecule has 0 unspecified atom stereocenters. The first-order valence-corrected chi connectivity index (χ1v) is 10.3. The summed E-state index contributed by atoms with van der Waals surface area (Å²) in [7, 11) is 0. The molecule has 0 bridgehead atoms. The zero-order valence-corrected chi connectivity index (χ0v) is 15.8. The first kappa shape index (κ1) is 17.5. The number of nitrogens with one attached hydrogen (secondary N) is 1. The SMILES string of the molecule is CC[C@@H](c1nnnn1C1CCCCC1)[NH+]1CCN(c2ccccc2)CC1. The predicted molar refractivity (Wildman–Crippen MR) is 102 cm³/mol. The lowest BCUT2D eigenvalue weighted by atomic mass is 9.95. The van der Waals surface area contributed by atoms with Gasteiger partial charge < -0.3 is 9.80 Å². The van der Waals surface area contributed by atoms with Gasteiger partial charge in [0, 0.05) is 12.1 Å². The standard InChI is InChI=1S/C20H30N6/c1-2-19(20-21-22-23-26(20)18-11-7-4-8-12-18)25-15-13-24(14-16-25)17-9-5-3-6-10-17/h3,5-6,9-10,18-19H,2,4,7-8,11-16H2,1H3/p+1/t19-/m0/s1. The Hall–Kier alpha value is -1.95. The number of aromatic nitrogens is 4. The second-order valence-electron chi connectivity index (χ2n) is 7.72. The summed E-state index contributed by atoms with van der Waals surface area (Å²) < 4.78 is 2.17. The quantitative estimate of drug-likeness (QED) is 0.892. The second-order valence-corrected chi connectivity index (χ2v) is 7.72. The van der Waals surface area contributed by atoms with E-state index in [0.29, 0.717) is 12.1 Å². The number of para-hydroxylation sites is 1. The van der Waals surface area contributed by atoms with Crippen LogP contribution < -0.4 is 9.80 Å². The molecule has 0 amide bonds. The Labute approximate surface area is 156 Å². The molecule has 1 aliphatic carbocycles. The largest absolute Gasteiger partial charge is 0.360 e. The number of rotatable bonds is 5. The van der Waals surface area contributed by atoms with Crippen LogP contribution in [0.15, 0.2) is 30.3 Å². The molecule has 2 aliphatic rings. The van der Waals surface area contributed by atoms with E-state index in [2.05, 4.69) is 62.4 Å². The van der Waals surface area contributed by atoms with Crippen LogP contribution in [-0.4, -0.2) is 46.4 Å². The zero-order chi connectivity index (χ0) is 17.8. The Morgan fingerprint density at radius 2 is 1.81 bits per heavy atom. The highest BCUT2D eigenvalue weighted by Gasteiger charge is 2.33. The monoisotopic (exact) mass is 355 g/mol. The molecule has 4 rings (SSSR count). The van der Waals surface area contributed by atoms with E-state index in [1.165, 1.54) is 37.8 Å². The van der Waals surface area contributed by atoms with Gasteiger partial charge in [-0.25, -0.2) is 4.68 Å². The van der Waals surface area contributed by atoms with Crippen LogP contribution in [0.5, 0.6) is 0 Å². The van der Waals surface area contributed by atoms with Crippen LogP contribution in [0.4, 0.5) is 5.69 Å². The van der Waals surface area contributed by atoms with Gasteiger partial charge in [-0.1, -0.05) is 44.4 Å². The van der Waals surface area contributed by atoms with E-state index in [1.54, 1.807) is 4.90 Å². The molecule has 2 heterocycles. The highest BCUT2D eigenvalue weighted by atomic mass is 15.6. The average molecular weight is 356 g/mol. The Kier molecular flexibility index (Phi) is 5.48. The third kappa shape index (κ3) is 3.61. The third-order valence-electron chi connectivity index (χ3n) is 6.18. The summed E-state index contributed by atoms with van der Waals surface area (Å²) in [6.07, 6.45) is 7.52. The molecule has 26 heavy (non-hydrogen) atoms. The number of benzene rings is 1. The van der Waals surface area contributed by atoms with Gasteiger partial charge in [0.05, 0.1) is 32.2 Å². The molecule has 1 saturated carbocycles. The lowest BCUT2D eigenvalue weighted by molar-refractivity contribution is -0.933. The van der Waals surface area contributed by atoms with E-state index in [0.717, 1.165) is 38.4 Å². The Morgan fingerprint density at radius 1 is 1.08 bits per heavy atom. The molecule has 1 aromatic carbocycles. The van der Waals surface area contributed by atoms with Crippen molar-refractivity contribution in [3.8, 4) is 0 Å². The number of hydrogen-bond acceptors (Lipinski definition) is 4. The van der Waals surface area contributed by atoms with Gasteiger partial charge in [0.15, 0.2) is 0 Å². The summed E-state index contributed by atoms with van der Waals surface area (Å²) in [5.41, 5.74) is 1.34. The highest BCUT2D eigenvalue weighted by molar-refractivity contribution is 5.46. The zero-order valence-electron chi connectivity index (χ0n) is 15.8. The number of hydrogen-bond donors (Lipinski definition) is 1. The number of piperazine rings is 1. The summed E-state index contributed by atoms with van der Waals surface area (Å²) in [5.74, 6) is 1.11. The van der Waals surface area contributed by atoms with Crippen LogP contribution in [0.25, 0.3) is 0 Å². The van der Waals surface area contributed by atoms with Gasteiger partial charge in [-0.05, 0) is 35.4 Å². The van der Waals surface area contributed by atoms with Crippen LogP contribution >= 0.6 is 0 Å². The minimum absolute atomic E-state index is 0.407.